The van der Waals surface area contributed by atoms with E-state index in [0.717, 1.165) is 13.0 Å². The van der Waals surface area contributed by atoms with Gasteiger partial charge in [-0.1, -0.05) is 12.1 Å². The molecule has 1 atom stereocenters. The summed E-state index contributed by atoms with van der Waals surface area (Å²) in [6.07, 6.45) is 4.88. The lowest BCUT2D eigenvalue weighted by atomic mass is 10.1. The molecule has 1 aromatic carbocycles. The lowest BCUT2D eigenvalue weighted by Gasteiger charge is -2.13. The first-order valence-corrected chi connectivity index (χ1v) is 8.14. The van der Waals surface area contributed by atoms with Gasteiger partial charge in [0.2, 0.25) is 0 Å². The number of benzene rings is 1. The summed E-state index contributed by atoms with van der Waals surface area (Å²) >= 11 is 1.98. The first-order chi connectivity index (χ1) is 9.70. The summed E-state index contributed by atoms with van der Waals surface area (Å²) in [7, 11) is 0. The van der Waals surface area contributed by atoms with Gasteiger partial charge in [0.15, 0.2) is 0 Å². The molecule has 106 valence electrons. The van der Waals surface area contributed by atoms with Crippen LogP contribution in [0.2, 0.25) is 0 Å². The van der Waals surface area contributed by atoms with Crippen LogP contribution in [0.25, 0.3) is 0 Å². The highest BCUT2D eigenvalue weighted by Gasteiger charge is 2.14. The van der Waals surface area contributed by atoms with E-state index < -0.39 is 0 Å². The largest absolute Gasteiger partial charge is 0.508 e. The summed E-state index contributed by atoms with van der Waals surface area (Å²) in [4.78, 5) is 3.07. The summed E-state index contributed by atoms with van der Waals surface area (Å²) in [6.45, 7) is 3.19. The number of phenols is 1. The van der Waals surface area contributed by atoms with Crippen LogP contribution in [0, 0.1) is 0 Å². The molecule has 2 nitrogen and oxygen atoms in total. The Morgan fingerprint density at radius 3 is 2.80 bits per heavy atom. The molecule has 1 aliphatic rings. The summed E-state index contributed by atoms with van der Waals surface area (Å²) < 4.78 is 0. The van der Waals surface area contributed by atoms with Gasteiger partial charge < -0.3 is 10.4 Å². The maximum Gasteiger partial charge on any atom is 0.115 e. The Labute approximate surface area is 124 Å². The minimum absolute atomic E-state index is 0.336. The molecular formula is C17H21NOS. The van der Waals surface area contributed by atoms with Crippen molar-refractivity contribution in [3.63, 3.8) is 0 Å². The average molecular weight is 287 g/mol. The van der Waals surface area contributed by atoms with Gasteiger partial charge in [0.25, 0.3) is 0 Å². The second kappa shape index (κ2) is 5.98. The number of nitrogens with one attached hydrogen (secondary N) is 1. The van der Waals surface area contributed by atoms with Crippen molar-refractivity contribution < 1.29 is 5.11 Å². The third-order valence-corrected chi connectivity index (χ3v) is 5.14. The SMILES string of the molecule is CC(Cc1ccc(O)cc1)NCc1cc2c(s1)CCC2. The first kappa shape index (κ1) is 13.7. The molecular weight excluding hydrogens is 266 g/mol. The number of aryl methyl sites for hydroxylation is 2. The summed E-state index contributed by atoms with van der Waals surface area (Å²) in [6, 6.07) is 10.3. The number of aromatic hydroxyl groups is 1. The van der Waals surface area contributed by atoms with E-state index in [9.17, 15) is 5.11 Å². The third-order valence-electron chi connectivity index (χ3n) is 3.90. The van der Waals surface area contributed by atoms with Crippen molar-refractivity contribution in [2.45, 2.75) is 45.2 Å². The summed E-state index contributed by atoms with van der Waals surface area (Å²) in [5.41, 5.74) is 2.84. The van der Waals surface area contributed by atoms with Crippen molar-refractivity contribution in [1.82, 2.24) is 5.32 Å². The van der Waals surface area contributed by atoms with E-state index in [2.05, 4.69) is 18.3 Å². The predicted octanol–water partition coefficient (Wildman–Crippen LogP) is 3.66. The number of thiophene rings is 1. The molecule has 20 heavy (non-hydrogen) atoms. The number of hydrogen-bond acceptors (Lipinski definition) is 3. The fourth-order valence-corrected chi connectivity index (χ4v) is 4.02. The van der Waals surface area contributed by atoms with Crippen molar-refractivity contribution >= 4 is 11.3 Å². The van der Waals surface area contributed by atoms with Crippen LogP contribution in [-0.4, -0.2) is 11.1 Å². The Hall–Kier alpha value is -1.32. The quantitative estimate of drug-likeness (QED) is 0.879. The number of phenolic OH excluding ortho intramolecular Hbond substituents is 1. The van der Waals surface area contributed by atoms with Crippen LogP contribution >= 0.6 is 11.3 Å². The normalized spacial score (nSPS) is 15.2. The minimum Gasteiger partial charge on any atom is -0.508 e. The van der Waals surface area contributed by atoms with Crippen LogP contribution < -0.4 is 5.32 Å². The Balaban J connectivity index is 1.51. The van der Waals surface area contributed by atoms with Gasteiger partial charge in [-0.2, -0.15) is 0 Å². The molecule has 2 N–H and O–H groups in total. The van der Waals surface area contributed by atoms with E-state index in [1.807, 2.05) is 23.5 Å². The highest BCUT2D eigenvalue weighted by molar-refractivity contribution is 7.12. The van der Waals surface area contributed by atoms with Gasteiger partial charge >= 0.3 is 0 Å². The zero-order valence-corrected chi connectivity index (χ0v) is 12.7. The molecule has 0 aliphatic heterocycles. The fraction of sp³-hybridized carbons (Fsp3) is 0.412. The molecule has 3 heteroatoms. The number of rotatable bonds is 5. The lowest BCUT2D eigenvalue weighted by molar-refractivity contribution is 0.474. The number of hydrogen-bond donors (Lipinski definition) is 2. The van der Waals surface area contributed by atoms with E-state index in [-0.39, 0.29) is 0 Å². The molecule has 0 saturated carbocycles. The van der Waals surface area contributed by atoms with Gasteiger partial charge in [0, 0.05) is 22.3 Å². The van der Waals surface area contributed by atoms with Crippen LogP contribution in [0.4, 0.5) is 0 Å². The van der Waals surface area contributed by atoms with Crippen LogP contribution in [0.3, 0.4) is 0 Å². The first-order valence-electron chi connectivity index (χ1n) is 7.32. The second-order valence-corrected chi connectivity index (χ2v) is 6.89. The molecule has 0 bridgehead atoms. The van der Waals surface area contributed by atoms with Crippen molar-refractivity contribution in [3.8, 4) is 5.75 Å². The monoisotopic (exact) mass is 287 g/mol. The molecule has 0 fully saturated rings. The molecule has 0 radical (unpaired) electrons. The standard InChI is InChI=1S/C17H21NOS/c1-12(9-13-5-7-15(19)8-6-13)18-11-16-10-14-3-2-4-17(14)20-16/h5-8,10,12,18-19H,2-4,9,11H2,1H3. The topological polar surface area (TPSA) is 32.3 Å². The zero-order valence-electron chi connectivity index (χ0n) is 11.9. The van der Waals surface area contributed by atoms with Gasteiger partial charge in [-0.15, -0.1) is 11.3 Å². The van der Waals surface area contributed by atoms with E-state index in [1.165, 1.54) is 29.7 Å². The van der Waals surface area contributed by atoms with Crippen LogP contribution in [0.15, 0.2) is 30.3 Å². The highest BCUT2D eigenvalue weighted by Crippen LogP contribution is 2.30. The maximum absolute atomic E-state index is 9.29. The third kappa shape index (κ3) is 3.22. The minimum atomic E-state index is 0.336. The lowest BCUT2D eigenvalue weighted by Crippen LogP contribution is -2.27. The Morgan fingerprint density at radius 2 is 2.05 bits per heavy atom. The van der Waals surface area contributed by atoms with Crippen LogP contribution in [0.1, 0.15) is 34.2 Å². The van der Waals surface area contributed by atoms with Crippen LogP contribution in [-0.2, 0) is 25.8 Å². The van der Waals surface area contributed by atoms with E-state index >= 15 is 0 Å². The molecule has 0 spiro atoms. The van der Waals surface area contributed by atoms with E-state index in [1.54, 1.807) is 22.6 Å². The molecule has 1 heterocycles. The van der Waals surface area contributed by atoms with Crippen molar-refractivity contribution in [1.29, 1.82) is 0 Å². The number of fused-ring (bicyclic) bond motifs is 1. The molecule has 2 aromatic rings. The molecule has 1 aromatic heterocycles. The molecule has 1 unspecified atom stereocenters. The molecule has 1 aliphatic carbocycles. The van der Waals surface area contributed by atoms with Crippen molar-refractivity contribution in [3.05, 3.63) is 51.2 Å². The van der Waals surface area contributed by atoms with Crippen molar-refractivity contribution in [2.75, 3.05) is 0 Å². The summed E-state index contributed by atoms with van der Waals surface area (Å²) in [5, 5.41) is 12.9. The fourth-order valence-electron chi connectivity index (χ4n) is 2.81. The Morgan fingerprint density at radius 1 is 1.25 bits per heavy atom. The predicted molar refractivity (Wildman–Crippen MR) is 84.5 cm³/mol. The van der Waals surface area contributed by atoms with Gasteiger partial charge in [-0.25, -0.2) is 0 Å². The molecule has 3 rings (SSSR count). The summed E-state index contributed by atoms with van der Waals surface area (Å²) in [5.74, 6) is 0.336. The van der Waals surface area contributed by atoms with Gasteiger partial charge in [-0.05, 0) is 61.9 Å². The van der Waals surface area contributed by atoms with E-state index in [4.69, 9.17) is 0 Å². The smallest absolute Gasteiger partial charge is 0.115 e. The average Bonchev–Trinajstić information content (AvgIpc) is 3.00. The van der Waals surface area contributed by atoms with Gasteiger partial charge in [0.1, 0.15) is 5.75 Å². The van der Waals surface area contributed by atoms with Crippen LogP contribution in [0.5, 0.6) is 5.75 Å². The highest BCUT2D eigenvalue weighted by atomic mass is 32.1. The van der Waals surface area contributed by atoms with Gasteiger partial charge in [0.05, 0.1) is 0 Å². The van der Waals surface area contributed by atoms with Crippen molar-refractivity contribution in [2.24, 2.45) is 0 Å². The Bertz CT molecular complexity index is 552. The zero-order chi connectivity index (χ0) is 13.9. The molecule has 0 saturated heterocycles. The second-order valence-electron chi connectivity index (χ2n) is 5.67. The van der Waals surface area contributed by atoms with Gasteiger partial charge in [-0.3, -0.25) is 0 Å². The molecule has 0 amide bonds. The maximum atomic E-state index is 9.29. The van der Waals surface area contributed by atoms with E-state index in [0.29, 0.717) is 11.8 Å². The Kier molecular flexibility index (Phi) is 4.08.